The van der Waals surface area contributed by atoms with E-state index in [1.165, 1.54) is 0 Å². The summed E-state index contributed by atoms with van der Waals surface area (Å²) in [7, 11) is 3.90. The smallest absolute Gasteiger partial charge is 0.339 e. The zero-order chi connectivity index (χ0) is 15.3. The maximum absolute atomic E-state index is 13.1. The first kappa shape index (κ1) is 16.4. The van der Waals surface area contributed by atoms with Crippen molar-refractivity contribution in [3.63, 3.8) is 0 Å². The van der Waals surface area contributed by atoms with E-state index in [2.05, 4.69) is 24.1 Å². The molecule has 0 saturated heterocycles. The van der Waals surface area contributed by atoms with Crippen molar-refractivity contribution in [2.24, 2.45) is 5.92 Å². The first-order valence-corrected chi connectivity index (χ1v) is 6.59. The molecule has 1 heterocycles. The molecular formula is C14H22FN3O2. The monoisotopic (exact) mass is 283 g/mol. The van der Waals surface area contributed by atoms with Crippen LogP contribution >= 0.6 is 0 Å². The molecule has 0 amide bonds. The van der Waals surface area contributed by atoms with E-state index in [4.69, 9.17) is 5.11 Å². The number of nitrogens with one attached hydrogen (secondary N) is 1. The highest BCUT2D eigenvalue weighted by Gasteiger charge is 2.18. The van der Waals surface area contributed by atoms with E-state index in [9.17, 15) is 9.18 Å². The fourth-order valence-electron chi connectivity index (χ4n) is 2.10. The largest absolute Gasteiger partial charge is 0.478 e. The van der Waals surface area contributed by atoms with Crippen molar-refractivity contribution >= 4 is 11.8 Å². The highest BCUT2D eigenvalue weighted by molar-refractivity contribution is 5.93. The number of pyridine rings is 1. The van der Waals surface area contributed by atoms with Gasteiger partial charge in [-0.2, -0.15) is 0 Å². The molecule has 0 radical (unpaired) electrons. The zero-order valence-corrected chi connectivity index (χ0v) is 12.4. The van der Waals surface area contributed by atoms with Gasteiger partial charge in [-0.1, -0.05) is 13.8 Å². The molecule has 1 aromatic rings. The van der Waals surface area contributed by atoms with E-state index in [-0.39, 0.29) is 17.4 Å². The Morgan fingerprint density at radius 3 is 2.65 bits per heavy atom. The topological polar surface area (TPSA) is 65.5 Å². The van der Waals surface area contributed by atoms with E-state index >= 15 is 0 Å². The van der Waals surface area contributed by atoms with Gasteiger partial charge in [0, 0.05) is 12.6 Å². The molecule has 0 aliphatic rings. The van der Waals surface area contributed by atoms with E-state index < -0.39 is 11.8 Å². The minimum atomic E-state index is -1.19. The summed E-state index contributed by atoms with van der Waals surface area (Å²) >= 11 is 0. The van der Waals surface area contributed by atoms with Crippen molar-refractivity contribution in [3.05, 3.63) is 23.6 Å². The second-order valence-electron chi connectivity index (χ2n) is 5.59. The van der Waals surface area contributed by atoms with Crippen LogP contribution in [0.25, 0.3) is 0 Å². The Morgan fingerprint density at radius 1 is 1.50 bits per heavy atom. The minimum absolute atomic E-state index is 0.0565. The minimum Gasteiger partial charge on any atom is -0.478 e. The number of nitrogens with zero attached hydrogens (tertiary/aromatic N) is 2. The lowest BCUT2D eigenvalue weighted by atomic mass is 10.0. The van der Waals surface area contributed by atoms with Gasteiger partial charge in [0.05, 0.1) is 6.20 Å². The van der Waals surface area contributed by atoms with Crippen LogP contribution in [0.2, 0.25) is 0 Å². The number of aromatic carboxylic acids is 1. The average molecular weight is 283 g/mol. The predicted molar refractivity (Wildman–Crippen MR) is 76.6 cm³/mol. The third kappa shape index (κ3) is 5.13. The van der Waals surface area contributed by atoms with Gasteiger partial charge in [-0.3, -0.25) is 0 Å². The maximum atomic E-state index is 13.1. The number of hydrogen-bond donors (Lipinski definition) is 2. The number of halogens is 1. The number of carboxylic acid groups (broad SMARTS) is 1. The summed E-state index contributed by atoms with van der Waals surface area (Å²) in [5.41, 5.74) is -0.141. The summed E-state index contributed by atoms with van der Waals surface area (Å²) in [5, 5.41) is 12.2. The lowest BCUT2D eigenvalue weighted by Gasteiger charge is -2.25. The van der Waals surface area contributed by atoms with Gasteiger partial charge in [0.1, 0.15) is 17.2 Å². The normalized spacial score (nSPS) is 12.8. The highest BCUT2D eigenvalue weighted by atomic mass is 19.1. The van der Waals surface area contributed by atoms with Crippen LogP contribution in [-0.2, 0) is 0 Å². The third-order valence-corrected chi connectivity index (χ3v) is 2.77. The van der Waals surface area contributed by atoms with E-state index in [0.29, 0.717) is 5.92 Å². The van der Waals surface area contributed by atoms with Crippen molar-refractivity contribution < 1.29 is 14.3 Å². The molecule has 0 spiro atoms. The number of aromatic nitrogens is 1. The number of carboxylic acids is 1. The molecule has 0 saturated carbocycles. The van der Waals surface area contributed by atoms with Crippen LogP contribution in [0, 0.1) is 11.7 Å². The third-order valence-electron chi connectivity index (χ3n) is 2.77. The predicted octanol–water partition coefficient (Wildman–Crippen LogP) is 2.31. The molecule has 20 heavy (non-hydrogen) atoms. The molecule has 1 rings (SSSR count). The Morgan fingerprint density at radius 2 is 2.15 bits per heavy atom. The number of rotatable bonds is 7. The van der Waals surface area contributed by atoms with E-state index in [1.54, 1.807) is 0 Å². The van der Waals surface area contributed by atoms with Crippen LogP contribution in [0.15, 0.2) is 12.3 Å². The van der Waals surface area contributed by atoms with Crippen molar-refractivity contribution in [2.45, 2.75) is 26.3 Å². The van der Waals surface area contributed by atoms with Gasteiger partial charge < -0.3 is 15.3 Å². The van der Waals surface area contributed by atoms with Crippen molar-refractivity contribution in [1.82, 2.24) is 9.88 Å². The molecule has 2 N–H and O–H groups in total. The second kappa shape index (κ2) is 7.19. The van der Waals surface area contributed by atoms with E-state index in [0.717, 1.165) is 25.2 Å². The van der Waals surface area contributed by atoms with Gasteiger partial charge >= 0.3 is 5.97 Å². The Kier molecular flexibility index (Phi) is 5.88. The van der Waals surface area contributed by atoms with Crippen LogP contribution in [0.4, 0.5) is 10.2 Å². The van der Waals surface area contributed by atoms with Crippen molar-refractivity contribution in [2.75, 3.05) is 26.0 Å². The Bertz CT molecular complexity index is 454. The molecule has 6 heteroatoms. The summed E-state index contributed by atoms with van der Waals surface area (Å²) in [6, 6.07) is 1.04. The molecule has 1 unspecified atom stereocenters. The molecule has 1 aromatic heterocycles. The van der Waals surface area contributed by atoms with Gasteiger partial charge in [-0.15, -0.1) is 0 Å². The molecule has 0 aliphatic carbocycles. The SMILES string of the molecule is CC(C)CC(CN(C)C)Nc1ncc(F)cc1C(=O)O. The van der Waals surface area contributed by atoms with Crippen molar-refractivity contribution in [3.8, 4) is 0 Å². The van der Waals surface area contributed by atoms with Crippen LogP contribution in [0.5, 0.6) is 0 Å². The van der Waals surface area contributed by atoms with E-state index in [1.807, 2.05) is 19.0 Å². The van der Waals surface area contributed by atoms with Gasteiger partial charge in [0.25, 0.3) is 0 Å². The summed E-state index contributed by atoms with van der Waals surface area (Å²) in [6.07, 6.45) is 1.90. The van der Waals surface area contributed by atoms with Crippen LogP contribution in [0.3, 0.4) is 0 Å². The fourth-order valence-corrected chi connectivity index (χ4v) is 2.10. The highest BCUT2D eigenvalue weighted by Crippen LogP contribution is 2.17. The lowest BCUT2D eigenvalue weighted by Crippen LogP contribution is -2.34. The molecule has 112 valence electrons. The zero-order valence-electron chi connectivity index (χ0n) is 12.4. The average Bonchev–Trinajstić information content (AvgIpc) is 2.29. The number of anilines is 1. The Balaban J connectivity index is 2.94. The Hall–Kier alpha value is -1.69. The van der Waals surface area contributed by atoms with Crippen LogP contribution in [-0.4, -0.2) is 47.6 Å². The second-order valence-corrected chi connectivity index (χ2v) is 5.59. The summed E-state index contributed by atoms with van der Waals surface area (Å²) in [4.78, 5) is 17.0. The lowest BCUT2D eigenvalue weighted by molar-refractivity contribution is 0.0697. The molecule has 0 bridgehead atoms. The molecule has 0 aliphatic heterocycles. The Labute approximate surface area is 118 Å². The molecular weight excluding hydrogens is 261 g/mol. The quantitative estimate of drug-likeness (QED) is 0.804. The summed E-state index contributed by atoms with van der Waals surface area (Å²) in [5.74, 6) is -1.17. The summed E-state index contributed by atoms with van der Waals surface area (Å²) in [6.45, 7) is 4.94. The first-order valence-electron chi connectivity index (χ1n) is 6.59. The first-order chi connectivity index (χ1) is 9.29. The fraction of sp³-hybridized carbons (Fsp3) is 0.571. The standard InChI is InChI=1S/C14H22FN3O2/c1-9(2)5-11(8-18(3)4)17-13-12(14(19)20)6-10(15)7-16-13/h6-7,9,11H,5,8H2,1-4H3,(H,16,17)(H,19,20). The molecule has 0 fully saturated rings. The number of likely N-dealkylation sites (N-methyl/N-ethyl adjacent to an activating group) is 1. The van der Waals surface area contributed by atoms with Crippen molar-refractivity contribution in [1.29, 1.82) is 0 Å². The van der Waals surface area contributed by atoms with Crippen LogP contribution < -0.4 is 5.32 Å². The van der Waals surface area contributed by atoms with Crippen LogP contribution in [0.1, 0.15) is 30.6 Å². The van der Waals surface area contributed by atoms with Gasteiger partial charge in [0.15, 0.2) is 0 Å². The van der Waals surface area contributed by atoms with Gasteiger partial charge in [-0.25, -0.2) is 14.2 Å². The molecule has 1 atom stereocenters. The number of hydrogen-bond acceptors (Lipinski definition) is 4. The van der Waals surface area contributed by atoms with Gasteiger partial charge in [-0.05, 0) is 32.5 Å². The summed E-state index contributed by atoms with van der Waals surface area (Å²) < 4.78 is 13.1. The van der Waals surface area contributed by atoms with Gasteiger partial charge in [0.2, 0.25) is 0 Å². The molecule has 5 nitrogen and oxygen atoms in total. The maximum Gasteiger partial charge on any atom is 0.339 e. The number of carbonyl (C=O) groups is 1. The molecule has 0 aromatic carbocycles.